The minimum atomic E-state index is -0.243. The number of rotatable bonds is 3. The van der Waals surface area contributed by atoms with Crippen molar-refractivity contribution in [2.24, 2.45) is 11.8 Å². The van der Waals surface area contributed by atoms with Crippen LogP contribution in [0.15, 0.2) is 11.1 Å². The summed E-state index contributed by atoms with van der Waals surface area (Å²) in [4.78, 5) is 18.2. The molecule has 5 nitrogen and oxygen atoms in total. The van der Waals surface area contributed by atoms with Crippen LogP contribution in [0.25, 0.3) is 0 Å². The van der Waals surface area contributed by atoms with Crippen molar-refractivity contribution in [3.8, 4) is 5.75 Å². The van der Waals surface area contributed by atoms with Crippen LogP contribution < -0.4 is 15.6 Å². The number of hydrogen-bond donors (Lipinski definition) is 2. The van der Waals surface area contributed by atoms with Crippen LogP contribution in [0.3, 0.4) is 0 Å². The van der Waals surface area contributed by atoms with Crippen molar-refractivity contribution in [1.82, 2.24) is 9.97 Å². The molecule has 2 N–H and O–H groups in total. The SMILES string of the molecule is COc1c(NC2CCC(C)C(C)C2)nc[nH]c1=O. The Morgan fingerprint density at radius 2 is 2.17 bits per heavy atom. The predicted octanol–water partition coefficient (Wildman–Crippen LogP) is 2.02. The first-order valence-electron chi connectivity index (χ1n) is 6.50. The molecule has 1 aliphatic carbocycles. The molecule has 5 heteroatoms. The van der Waals surface area contributed by atoms with E-state index < -0.39 is 0 Å². The largest absolute Gasteiger partial charge is 0.489 e. The highest BCUT2D eigenvalue weighted by atomic mass is 16.5. The molecule has 0 radical (unpaired) electrons. The topological polar surface area (TPSA) is 67.0 Å². The van der Waals surface area contributed by atoms with Crippen LogP contribution in [0.2, 0.25) is 0 Å². The maximum absolute atomic E-state index is 11.6. The first kappa shape index (κ1) is 12.9. The van der Waals surface area contributed by atoms with E-state index in [9.17, 15) is 4.79 Å². The van der Waals surface area contributed by atoms with Gasteiger partial charge < -0.3 is 15.0 Å². The Kier molecular flexibility index (Phi) is 3.89. The summed E-state index contributed by atoms with van der Waals surface area (Å²) in [7, 11) is 1.49. The highest BCUT2D eigenvalue weighted by Gasteiger charge is 2.25. The van der Waals surface area contributed by atoms with Crippen molar-refractivity contribution in [3.05, 3.63) is 16.7 Å². The van der Waals surface area contributed by atoms with Gasteiger partial charge in [0.1, 0.15) is 0 Å². The van der Waals surface area contributed by atoms with Crippen LogP contribution >= 0.6 is 0 Å². The first-order chi connectivity index (χ1) is 8.61. The number of ether oxygens (including phenoxy) is 1. The summed E-state index contributed by atoms with van der Waals surface area (Å²) in [6.07, 6.45) is 4.84. The van der Waals surface area contributed by atoms with E-state index in [1.165, 1.54) is 19.9 Å². The maximum Gasteiger partial charge on any atom is 0.295 e. The quantitative estimate of drug-likeness (QED) is 0.862. The third-order valence-electron chi connectivity index (χ3n) is 3.95. The highest BCUT2D eigenvalue weighted by Crippen LogP contribution is 2.31. The fourth-order valence-electron chi connectivity index (χ4n) is 2.55. The summed E-state index contributed by atoms with van der Waals surface area (Å²) in [6, 6.07) is 0.374. The molecule has 1 aliphatic rings. The number of nitrogens with zero attached hydrogens (tertiary/aromatic N) is 1. The lowest BCUT2D eigenvalue weighted by atomic mass is 9.79. The smallest absolute Gasteiger partial charge is 0.295 e. The minimum absolute atomic E-state index is 0.243. The standard InChI is InChI=1S/C13H21N3O2/c1-8-4-5-10(6-9(8)2)16-12-11(18-3)13(17)15-7-14-12/h7-10H,4-6H2,1-3H3,(H2,14,15,16,17). The molecular formula is C13H21N3O2. The van der Waals surface area contributed by atoms with Gasteiger partial charge in [-0.3, -0.25) is 4.79 Å². The Bertz CT molecular complexity index is 458. The van der Waals surface area contributed by atoms with Gasteiger partial charge in [-0.25, -0.2) is 4.98 Å². The Hall–Kier alpha value is -1.52. The lowest BCUT2D eigenvalue weighted by Crippen LogP contribution is -2.31. The molecule has 18 heavy (non-hydrogen) atoms. The van der Waals surface area contributed by atoms with Crippen molar-refractivity contribution in [2.75, 3.05) is 12.4 Å². The first-order valence-corrected chi connectivity index (χ1v) is 6.50. The van der Waals surface area contributed by atoms with Crippen molar-refractivity contribution in [1.29, 1.82) is 0 Å². The molecule has 1 aromatic heterocycles. The Balaban J connectivity index is 2.10. The number of aromatic amines is 1. The monoisotopic (exact) mass is 251 g/mol. The zero-order valence-corrected chi connectivity index (χ0v) is 11.2. The molecule has 1 saturated carbocycles. The summed E-state index contributed by atoms with van der Waals surface area (Å²) in [5.41, 5.74) is -0.243. The molecule has 2 rings (SSSR count). The molecule has 0 spiro atoms. The van der Waals surface area contributed by atoms with Crippen LogP contribution in [0, 0.1) is 11.8 Å². The van der Waals surface area contributed by atoms with E-state index in [0.29, 0.717) is 17.8 Å². The van der Waals surface area contributed by atoms with Gasteiger partial charge in [-0.05, 0) is 31.1 Å². The average molecular weight is 251 g/mol. The molecule has 3 unspecified atom stereocenters. The van der Waals surface area contributed by atoms with Gasteiger partial charge in [0.15, 0.2) is 5.82 Å². The second-order valence-electron chi connectivity index (χ2n) is 5.22. The van der Waals surface area contributed by atoms with Gasteiger partial charge in [-0.2, -0.15) is 0 Å². The molecule has 0 saturated heterocycles. The predicted molar refractivity (Wildman–Crippen MR) is 71.0 cm³/mol. The van der Waals surface area contributed by atoms with Crippen LogP contribution in [-0.4, -0.2) is 23.1 Å². The van der Waals surface area contributed by atoms with Gasteiger partial charge in [-0.15, -0.1) is 0 Å². The maximum atomic E-state index is 11.6. The van der Waals surface area contributed by atoms with Crippen molar-refractivity contribution in [2.45, 2.75) is 39.2 Å². The number of H-pyrrole nitrogens is 1. The van der Waals surface area contributed by atoms with E-state index in [1.807, 2.05) is 0 Å². The summed E-state index contributed by atoms with van der Waals surface area (Å²) >= 11 is 0. The number of aromatic nitrogens is 2. The lowest BCUT2D eigenvalue weighted by Gasteiger charge is -2.32. The van der Waals surface area contributed by atoms with Crippen molar-refractivity contribution in [3.63, 3.8) is 0 Å². The molecule has 0 aliphatic heterocycles. The van der Waals surface area contributed by atoms with Gasteiger partial charge >= 0.3 is 0 Å². The van der Waals surface area contributed by atoms with Gasteiger partial charge in [0.25, 0.3) is 5.56 Å². The summed E-state index contributed by atoms with van der Waals surface area (Å²) in [6.45, 7) is 4.58. The highest BCUT2D eigenvalue weighted by molar-refractivity contribution is 5.48. The normalized spacial score (nSPS) is 27.8. The van der Waals surface area contributed by atoms with Gasteiger partial charge in [0, 0.05) is 6.04 Å². The van der Waals surface area contributed by atoms with Gasteiger partial charge in [0.05, 0.1) is 13.4 Å². The zero-order valence-electron chi connectivity index (χ0n) is 11.2. The molecule has 3 atom stereocenters. The van der Waals surface area contributed by atoms with E-state index >= 15 is 0 Å². The number of nitrogens with one attached hydrogen (secondary N) is 2. The van der Waals surface area contributed by atoms with E-state index in [-0.39, 0.29) is 11.3 Å². The lowest BCUT2D eigenvalue weighted by molar-refractivity contribution is 0.260. The van der Waals surface area contributed by atoms with Crippen LogP contribution in [0.5, 0.6) is 5.75 Å². The van der Waals surface area contributed by atoms with E-state index in [1.54, 1.807) is 0 Å². The van der Waals surface area contributed by atoms with Crippen LogP contribution in [0.1, 0.15) is 33.1 Å². The van der Waals surface area contributed by atoms with Crippen LogP contribution in [-0.2, 0) is 0 Å². The second-order valence-corrected chi connectivity index (χ2v) is 5.22. The van der Waals surface area contributed by atoms with Gasteiger partial charge in [0.2, 0.25) is 5.75 Å². The fourth-order valence-corrected chi connectivity index (χ4v) is 2.55. The van der Waals surface area contributed by atoms with Crippen molar-refractivity contribution >= 4 is 5.82 Å². The molecule has 100 valence electrons. The third kappa shape index (κ3) is 2.66. The molecular weight excluding hydrogens is 230 g/mol. The minimum Gasteiger partial charge on any atom is -0.489 e. The van der Waals surface area contributed by atoms with E-state index in [2.05, 4.69) is 29.1 Å². The van der Waals surface area contributed by atoms with E-state index in [4.69, 9.17) is 4.74 Å². The van der Waals surface area contributed by atoms with E-state index in [0.717, 1.165) is 18.8 Å². The molecule has 1 fully saturated rings. The molecule has 0 bridgehead atoms. The van der Waals surface area contributed by atoms with Crippen LogP contribution in [0.4, 0.5) is 5.82 Å². The molecule has 0 amide bonds. The summed E-state index contributed by atoms with van der Waals surface area (Å²) in [5.74, 6) is 2.29. The number of hydrogen-bond acceptors (Lipinski definition) is 4. The van der Waals surface area contributed by atoms with Gasteiger partial charge in [-0.1, -0.05) is 13.8 Å². The van der Waals surface area contributed by atoms with Crippen molar-refractivity contribution < 1.29 is 4.74 Å². The molecule has 1 aromatic rings. The number of anilines is 1. The molecule has 1 heterocycles. The Morgan fingerprint density at radius 1 is 1.39 bits per heavy atom. The fraction of sp³-hybridized carbons (Fsp3) is 0.692. The number of methoxy groups -OCH3 is 1. The summed E-state index contributed by atoms with van der Waals surface area (Å²) in [5, 5.41) is 3.34. The molecule has 0 aromatic carbocycles. The average Bonchev–Trinajstić information content (AvgIpc) is 2.34. The Morgan fingerprint density at radius 3 is 2.83 bits per heavy atom. The zero-order chi connectivity index (χ0) is 13.1. The summed E-state index contributed by atoms with van der Waals surface area (Å²) < 4.78 is 5.10. The Labute approximate surface area is 107 Å². The third-order valence-corrected chi connectivity index (χ3v) is 3.95. The second kappa shape index (κ2) is 5.42.